The van der Waals surface area contributed by atoms with Crippen LogP contribution in [0.4, 0.5) is 0 Å². The number of pyridine rings is 1. The number of hydrogen-bond donors (Lipinski definition) is 0. The van der Waals surface area contributed by atoms with E-state index in [9.17, 15) is 0 Å². The van der Waals surface area contributed by atoms with E-state index in [1.165, 1.54) is 20.9 Å². The average molecular weight is 644 g/mol. The summed E-state index contributed by atoms with van der Waals surface area (Å²) in [5.41, 5.74) is 9.40. The molecule has 0 bridgehead atoms. The minimum Gasteiger partial charge on any atom is -0.295 e. The van der Waals surface area contributed by atoms with Crippen molar-refractivity contribution < 1.29 is 0 Å². The van der Waals surface area contributed by atoms with Gasteiger partial charge in [0.15, 0.2) is 5.82 Å². The van der Waals surface area contributed by atoms with Crippen molar-refractivity contribution in [1.29, 1.82) is 0 Å². The lowest BCUT2D eigenvalue weighted by Gasteiger charge is -2.12. The Morgan fingerprint density at radius 1 is 0.490 bits per heavy atom. The lowest BCUT2D eigenvalue weighted by atomic mass is 10.1. The van der Waals surface area contributed by atoms with Gasteiger partial charge in [0, 0.05) is 48.4 Å². The molecule has 5 aromatic heterocycles. The van der Waals surface area contributed by atoms with E-state index >= 15 is 0 Å². The number of hydrogen-bond acceptors (Lipinski definition) is 4. The molecule has 0 N–H and O–H groups in total. The van der Waals surface area contributed by atoms with E-state index in [1.807, 2.05) is 18.2 Å². The Kier molecular flexibility index (Phi) is 5.48. The van der Waals surface area contributed by atoms with Crippen LogP contribution in [-0.2, 0) is 0 Å². The fraction of sp³-hybridized carbons (Fsp3) is 0. The largest absolute Gasteiger partial charge is 0.295 e. The van der Waals surface area contributed by atoms with Crippen molar-refractivity contribution in [3.05, 3.63) is 152 Å². The molecular formula is C43H25N5S. The molecule has 0 saturated heterocycles. The number of para-hydroxylation sites is 3. The molecular weight excluding hydrogens is 619 g/mol. The van der Waals surface area contributed by atoms with Gasteiger partial charge in [-0.1, -0.05) is 115 Å². The molecule has 0 saturated carbocycles. The predicted octanol–water partition coefficient (Wildman–Crippen LogP) is 11.2. The standard InChI is InChI=1S/C43H25N5S/c1-3-13-26(14-4-1)39-38-32-25-28(23-24-36(32)49-42(38)46-40(45-39)27-15-5-2-6-16-27)47-34-21-11-9-19-31(34)37-29-17-7-8-18-30(29)41-44-33-20-10-12-22-35(33)48(41)43(37)47/h1-25H. The maximum atomic E-state index is 5.23. The molecule has 0 spiro atoms. The number of nitrogens with zero attached hydrogens (tertiary/aromatic N) is 5. The van der Waals surface area contributed by atoms with Crippen LogP contribution in [0.1, 0.15) is 0 Å². The van der Waals surface area contributed by atoms with Crippen molar-refractivity contribution in [3.63, 3.8) is 0 Å². The number of thiophene rings is 1. The van der Waals surface area contributed by atoms with Crippen molar-refractivity contribution in [2.45, 2.75) is 0 Å². The van der Waals surface area contributed by atoms with E-state index in [4.69, 9.17) is 15.0 Å². The van der Waals surface area contributed by atoms with Gasteiger partial charge in [-0.15, -0.1) is 11.3 Å². The Labute approximate surface area is 284 Å². The van der Waals surface area contributed by atoms with Gasteiger partial charge in [0.25, 0.3) is 0 Å². The van der Waals surface area contributed by atoms with Crippen LogP contribution < -0.4 is 0 Å². The van der Waals surface area contributed by atoms with Gasteiger partial charge in [0.2, 0.25) is 0 Å². The SMILES string of the molecule is c1ccc(-c2nc(-c3ccccc3)c3c(n2)sc2ccc(-n4c5ccccc5c5c6ccccc6c6nc7ccccc7n6c54)cc23)cc1. The van der Waals surface area contributed by atoms with Crippen LogP contribution in [0.3, 0.4) is 0 Å². The second-order valence-electron chi connectivity index (χ2n) is 12.4. The van der Waals surface area contributed by atoms with Crippen LogP contribution in [-0.4, -0.2) is 23.9 Å². The molecule has 228 valence electrons. The molecule has 11 rings (SSSR count). The van der Waals surface area contributed by atoms with E-state index in [-0.39, 0.29) is 0 Å². The van der Waals surface area contributed by atoms with E-state index in [2.05, 4.69) is 142 Å². The molecule has 0 radical (unpaired) electrons. The zero-order chi connectivity index (χ0) is 32.1. The summed E-state index contributed by atoms with van der Waals surface area (Å²) >= 11 is 1.72. The summed E-state index contributed by atoms with van der Waals surface area (Å²) in [6.45, 7) is 0. The Balaban J connectivity index is 1.29. The highest BCUT2D eigenvalue weighted by Gasteiger charge is 2.23. The van der Waals surface area contributed by atoms with Crippen LogP contribution in [0.15, 0.2) is 152 Å². The van der Waals surface area contributed by atoms with E-state index in [0.29, 0.717) is 0 Å². The van der Waals surface area contributed by atoms with Gasteiger partial charge in [-0.3, -0.25) is 8.97 Å². The molecule has 49 heavy (non-hydrogen) atoms. The minimum atomic E-state index is 0.738. The lowest BCUT2D eigenvalue weighted by molar-refractivity contribution is 1.12. The molecule has 0 amide bonds. The highest BCUT2D eigenvalue weighted by Crippen LogP contribution is 2.43. The number of rotatable bonds is 3. The number of benzene rings is 6. The Bertz CT molecular complexity index is 3100. The van der Waals surface area contributed by atoms with Crippen molar-refractivity contribution in [2.24, 2.45) is 0 Å². The quantitative estimate of drug-likeness (QED) is 0.192. The van der Waals surface area contributed by atoms with Crippen molar-refractivity contribution >= 4 is 81.0 Å². The lowest BCUT2D eigenvalue weighted by Crippen LogP contribution is -1.99. The summed E-state index contributed by atoms with van der Waals surface area (Å²) in [7, 11) is 0. The molecule has 0 aliphatic carbocycles. The monoisotopic (exact) mass is 643 g/mol. The summed E-state index contributed by atoms with van der Waals surface area (Å²) < 4.78 is 5.95. The third kappa shape index (κ3) is 3.77. The summed E-state index contributed by atoms with van der Waals surface area (Å²) in [4.78, 5) is 16.6. The third-order valence-electron chi connectivity index (χ3n) is 9.71. The van der Waals surface area contributed by atoms with Gasteiger partial charge >= 0.3 is 0 Å². The third-order valence-corrected chi connectivity index (χ3v) is 10.8. The number of fused-ring (bicyclic) bond motifs is 13. The number of aromatic nitrogens is 5. The molecule has 0 unspecified atom stereocenters. The Morgan fingerprint density at radius 3 is 1.98 bits per heavy atom. The molecule has 0 fully saturated rings. The molecule has 0 atom stereocenters. The van der Waals surface area contributed by atoms with Crippen LogP contribution in [0.25, 0.3) is 98.0 Å². The van der Waals surface area contributed by atoms with Gasteiger partial charge in [-0.2, -0.15) is 0 Å². The normalized spacial score (nSPS) is 12.1. The first-order valence-electron chi connectivity index (χ1n) is 16.4. The van der Waals surface area contributed by atoms with Gasteiger partial charge in [-0.05, 0) is 41.8 Å². The van der Waals surface area contributed by atoms with Gasteiger partial charge in [0.1, 0.15) is 16.1 Å². The molecule has 6 heteroatoms. The van der Waals surface area contributed by atoms with Gasteiger partial charge < -0.3 is 0 Å². The minimum absolute atomic E-state index is 0.738. The summed E-state index contributed by atoms with van der Waals surface area (Å²) in [6.07, 6.45) is 0. The fourth-order valence-electron chi connectivity index (χ4n) is 7.61. The Morgan fingerprint density at radius 2 is 1.16 bits per heavy atom. The second kappa shape index (κ2) is 10.1. The number of imidazole rings is 1. The molecule has 0 aliphatic rings. The first-order chi connectivity index (χ1) is 24.3. The van der Waals surface area contributed by atoms with Crippen molar-refractivity contribution in [2.75, 3.05) is 0 Å². The first kappa shape index (κ1) is 26.7. The maximum Gasteiger partial charge on any atom is 0.161 e. The highest BCUT2D eigenvalue weighted by molar-refractivity contribution is 7.25. The zero-order valence-electron chi connectivity index (χ0n) is 26.1. The van der Waals surface area contributed by atoms with Gasteiger partial charge in [-0.25, -0.2) is 15.0 Å². The van der Waals surface area contributed by atoms with E-state index in [1.54, 1.807) is 11.3 Å². The van der Waals surface area contributed by atoms with Crippen LogP contribution >= 0.6 is 11.3 Å². The molecule has 6 aromatic carbocycles. The molecule has 11 aromatic rings. The summed E-state index contributed by atoms with van der Waals surface area (Å²) in [5.74, 6) is 0.738. The summed E-state index contributed by atoms with van der Waals surface area (Å²) in [6, 6.07) is 53.4. The van der Waals surface area contributed by atoms with Crippen molar-refractivity contribution in [1.82, 2.24) is 23.9 Å². The topological polar surface area (TPSA) is 48.0 Å². The smallest absolute Gasteiger partial charge is 0.161 e. The highest BCUT2D eigenvalue weighted by atomic mass is 32.1. The van der Waals surface area contributed by atoms with Crippen LogP contribution in [0, 0.1) is 0 Å². The zero-order valence-corrected chi connectivity index (χ0v) is 26.9. The molecule has 0 aliphatic heterocycles. The van der Waals surface area contributed by atoms with Crippen LogP contribution in [0.2, 0.25) is 0 Å². The van der Waals surface area contributed by atoms with E-state index in [0.717, 1.165) is 77.2 Å². The molecule has 5 nitrogen and oxygen atoms in total. The fourth-order valence-corrected chi connectivity index (χ4v) is 8.66. The Hall–Kier alpha value is -6.37. The van der Waals surface area contributed by atoms with E-state index < -0.39 is 0 Å². The van der Waals surface area contributed by atoms with Gasteiger partial charge in [0.05, 0.1) is 22.2 Å². The predicted molar refractivity (Wildman–Crippen MR) is 204 cm³/mol. The molecule has 5 heterocycles. The second-order valence-corrected chi connectivity index (χ2v) is 13.5. The van der Waals surface area contributed by atoms with Crippen molar-refractivity contribution in [3.8, 4) is 28.3 Å². The maximum absolute atomic E-state index is 5.23. The summed E-state index contributed by atoms with van der Waals surface area (Å²) in [5, 5.41) is 7.01. The van der Waals surface area contributed by atoms with Crippen LogP contribution in [0.5, 0.6) is 0 Å². The first-order valence-corrected chi connectivity index (χ1v) is 17.2. The average Bonchev–Trinajstić information content (AvgIpc) is 3.85.